The van der Waals surface area contributed by atoms with Crippen LogP contribution in [0.5, 0.6) is 11.5 Å². The van der Waals surface area contributed by atoms with Crippen LogP contribution >= 0.6 is 0 Å². The zero-order valence-electron chi connectivity index (χ0n) is 17.1. The maximum Gasteiger partial charge on any atom is 0.191 e. The van der Waals surface area contributed by atoms with Crippen molar-refractivity contribution in [3.05, 3.63) is 59.7 Å². The van der Waals surface area contributed by atoms with E-state index < -0.39 is 6.10 Å². The average molecular weight is 386 g/mol. The Labute approximate surface area is 167 Å². The number of hydrogen-bond donors (Lipinski definition) is 3. The molecule has 0 fully saturated rings. The largest absolute Gasteiger partial charge is 0.497 e. The van der Waals surface area contributed by atoms with Gasteiger partial charge in [-0.05, 0) is 56.2 Å². The fourth-order valence-electron chi connectivity index (χ4n) is 2.68. The highest BCUT2D eigenvalue weighted by Gasteiger charge is 2.10. The van der Waals surface area contributed by atoms with Crippen LogP contribution in [0.25, 0.3) is 0 Å². The monoisotopic (exact) mass is 385 g/mol. The first kappa shape index (κ1) is 21.6. The fraction of sp³-hybridized carbons (Fsp3) is 0.409. The van der Waals surface area contributed by atoms with E-state index in [0.29, 0.717) is 18.3 Å². The van der Waals surface area contributed by atoms with Crippen LogP contribution in [0.4, 0.5) is 0 Å². The maximum atomic E-state index is 10.4. The highest BCUT2D eigenvalue weighted by Crippen LogP contribution is 2.19. The Morgan fingerprint density at radius 1 is 1.11 bits per heavy atom. The average Bonchev–Trinajstić information content (AvgIpc) is 2.70. The molecule has 2 atom stereocenters. The summed E-state index contributed by atoms with van der Waals surface area (Å²) in [5.41, 5.74) is 1.94. The molecule has 0 saturated carbocycles. The summed E-state index contributed by atoms with van der Waals surface area (Å²) in [6.07, 6.45) is -0.736. The molecule has 0 aliphatic heterocycles. The minimum Gasteiger partial charge on any atom is -0.497 e. The fourth-order valence-corrected chi connectivity index (χ4v) is 2.68. The number of nitrogens with one attached hydrogen (secondary N) is 2. The summed E-state index contributed by atoms with van der Waals surface area (Å²) < 4.78 is 11.1. The second kappa shape index (κ2) is 11.2. The van der Waals surface area contributed by atoms with Crippen molar-refractivity contribution < 1.29 is 14.6 Å². The lowest BCUT2D eigenvalue weighted by molar-refractivity contribution is 0.186. The van der Waals surface area contributed by atoms with Crippen molar-refractivity contribution in [2.24, 2.45) is 4.99 Å². The van der Waals surface area contributed by atoms with Gasteiger partial charge in [0, 0.05) is 6.54 Å². The molecule has 0 radical (unpaired) electrons. The molecule has 0 saturated heterocycles. The van der Waals surface area contributed by atoms with Crippen LogP contribution in [-0.4, -0.2) is 43.9 Å². The van der Waals surface area contributed by atoms with Crippen molar-refractivity contribution in [3.63, 3.8) is 0 Å². The van der Waals surface area contributed by atoms with Gasteiger partial charge >= 0.3 is 0 Å². The summed E-state index contributed by atoms with van der Waals surface area (Å²) in [6, 6.07) is 15.4. The molecule has 2 rings (SSSR count). The highest BCUT2D eigenvalue weighted by molar-refractivity contribution is 5.79. The van der Waals surface area contributed by atoms with Crippen molar-refractivity contribution in [1.82, 2.24) is 10.6 Å². The van der Waals surface area contributed by atoms with Crippen LogP contribution in [0.15, 0.2) is 53.5 Å². The first-order valence-corrected chi connectivity index (χ1v) is 9.59. The Kier molecular flexibility index (Phi) is 8.62. The Hall–Kier alpha value is -2.73. The molecule has 0 spiro atoms. The molecule has 2 aromatic carbocycles. The summed E-state index contributed by atoms with van der Waals surface area (Å²) in [6.45, 7) is 7.62. The molecule has 0 amide bonds. The van der Waals surface area contributed by atoms with E-state index in [-0.39, 0.29) is 12.6 Å². The van der Waals surface area contributed by atoms with Gasteiger partial charge in [-0.1, -0.05) is 24.3 Å². The third-order valence-electron chi connectivity index (χ3n) is 4.13. The molecular formula is C22H31N3O3. The van der Waals surface area contributed by atoms with E-state index in [0.717, 1.165) is 17.9 Å². The van der Waals surface area contributed by atoms with Gasteiger partial charge in [0.1, 0.15) is 17.6 Å². The number of aliphatic hydroxyl groups is 1. The number of guanidine groups is 1. The number of ether oxygens (including phenoxy) is 2. The number of aliphatic imine (C=N–C) groups is 1. The van der Waals surface area contributed by atoms with Crippen molar-refractivity contribution in [1.29, 1.82) is 0 Å². The summed E-state index contributed by atoms with van der Waals surface area (Å²) >= 11 is 0. The van der Waals surface area contributed by atoms with Gasteiger partial charge in [0.05, 0.1) is 26.3 Å². The molecule has 0 aliphatic rings. The summed E-state index contributed by atoms with van der Waals surface area (Å²) in [5, 5.41) is 16.9. The van der Waals surface area contributed by atoms with Crippen LogP contribution in [0.1, 0.15) is 31.1 Å². The topological polar surface area (TPSA) is 75.1 Å². The van der Waals surface area contributed by atoms with Gasteiger partial charge in [-0.3, -0.25) is 4.99 Å². The number of benzene rings is 2. The minimum absolute atomic E-state index is 0.0334. The van der Waals surface area contributed by atoms with E-state index in [1.807, 2.05) is 69.3 Å². The third-order valence-corrected chi connectivity index (χ3v) is 4.13. The van der Waals surface area contributed by atoms with Crippen molar-refractivity contribution in [2.45, 2.75) is 33.0 Å². The van der Waals surface area contributed by atoms with Gasteiger partial charge in [0.2, 0.25) is 0 Å². The molecule has 28 heavy (non-hydrogen) atoms. The number of hydrogen-bond acceptors (Lipinski definition) is 4. The summed E-state index contributed by atoms with van der Waals surface area (Å²) in [7, 11) is 1.61. The SMILES string of the molecule is CCNC(=NCC(O)c1cccc(OC)c1)NCC(C)Oc1cccc(C)c1. The first-order chi connectivity index (χ1) is 13.5. The smallest absolute Gasteiger partial charge is 0.191 e. The number of nitrogens with zero attached hydrogens (tertiary/aromatic N) is 1. The van der Waals surface area contributed by atoms with Gasteiger partial charge < -0.3 is 25.2 Å². The molecule has 3 N–H and O–H groups in total. The van der Waals surface area contributed by atoms with Gasteiger partial charge in [-0.25, -0.2) is 0 Å². The number of methoxy groups -OCH3 is 1. The van der Waals surface area contributed by atoms with Crippen LogP contribution < -0.4 is 20.1 Å². The second-order valence-electron chi connectivity index (χ2n) is 6.64. The molecule has 2 aromatic rings. The third kappa shape index (κ3) is 7.12. The predicted molar refractivity (Wildman–Crippen MR) is 113 cm³/mol. The van der Waals surface area contributed by atoms with E-state index in [9.17, 15) is 5.11 Å². The molecular weight excluding hydrogens is 354 g/mol. The zero-order chi connectivity index (χ0) is 20.4. The molecule has 2 unspecified atom stereocenters. The van der Waals surface area contributed by atoms with Crippen molar-refractivity contribution in [3.8, 4) is 11.5 Å². The number of aliphatic hydroxyl groups excluding tert-OH is 1. The summed E-state index contributed by atoms with van der Waals surface area (Å²) in [4.78, 5) is 4.49. The van der Waals surface area contributed by atoms with E-state index in [4.69, 9.17) is 9.47 Å². The normalized spacial score (nSPS) is 13.5. The molecule has 6 nitrogen and oxygen atoms in total. The van der Waals surface area contributed by atoms with Crippen LogP contribution in [0.2, 0.25) is 0 Å². The van der Waals surface area contributed by atoms with E-state index >= 15 is 0 Å². The van der Waals surface area contributed by atoms with E-state index in [1.54, 1.807) is 7.11 Å². The standard InChI is InChI=1S/C22H31N3O3/c1-5-23-22(24-14-17(3)28-20-11-6-8-16(2)12-20)25-15-21(26)18-9-7-10-19(13-18)27-4/h6-13,17,21,26H,5,14-15H2,1-4H3,(H2,23,24,25). The Morgan fingerprint density at radius 3 is 2.57 bits per heavy atom. The first-order valence-electron chi connectivity index (χ1n) is 9.59. The number of rotatable bonds is 9. The molecule has 0 aromatic heterocycles. The van der Waals surface area contributed by atoms with Crippen molar-refractivity contribution >= 4 is 5.96 Å². The lowest BCUT2D eigenvalue weighted by atomic mass is 10.1. The van der Waals surface area contributed by atoms with Gasteiger partial charge in [0.15, 0.2) is 5.96 Å². The van der Waals surface area contributed by atoms with Crippen LogP contribution in [0.3, 0.4) is 0 Å². The summed E-state index contributed by atoms with van der Waals surface area (Å²) in [5.74, 6) is 2.21. The zero-order valence-corrected chi connectivity index (χ0v) is 17.1. The van der Waals surface area contributed by atoms with E-state index in [1.165, 1.54) is 5.56 Å². The van der Waals surface area contributed by atoms with Gasteiger partial charge in [-0.2, -0.15) is 0 Å². The molecule has 0 bridgehead atoms. The Morgan fingerprint density at radius 2 is 1.86 bits per heavy atom. The maximum absolute atomic E-state index is 10.4. The molecule has 0 aliphatic carbocycles. The molecule has 152 valence electrons. The Balaban J connectivity index is 1.90. The lowest BCUT2D eigenvalue weighted by Crippen LogP contribution is -2.42. The van der Waals surface area contributed by atoms with Crippen LogP contribution in [-0.2, 0) is 0 Å². The predicted octanol–water partition coefficient (Wildman–Crippen LogP) is 3.06. The number of aryl methyl sites for hydroxylation is 1. The Bertz CT molecular complexity index is 764. The highest BCUT2D eigenvalue weighted by atomic mass is 16.5. The van der Waals surface area contributed by atoms with Gasteiger partial charge in [-0.15, -0.1) is 0 Å². The van der Waals surface area contributed by atoms with E-state index in [2.05, 4.69) is 15.6 Å². The van der Waals surface area contributed by atoms with Crippen molar-refractivity contribution in [2.75, 3.05) is 26.7 Å². The lowest BCUT2D eigenvalue weighted by Gasteiger charge is -2.18. The molecule has 0 heterocycles. The molecule has 6 heteroatoms. The van der Waals surface area contributed by atoms with Crippen LogP contribution in [0, 0.1) is 6.92 Å². The minimum atomic E-state index is -0.702. The second-order valence-corrected chi connectivity index (χ2v) is 6.64. The quantitative estimate of drug-likeness (QED) is 0.457. The van der Waals surface area contributed by atoms with Gasteiger partial charge in [0.25, 0.3) is 0 Å².